The minimum Gasteiger partial charge on any atom is -0.320 e. The van der Waals surface area contributed by atoms with Gasteiger partial charge in [0.1, 0.15) is 0 Å². The lowest BCUT2D eigenvalue weighted by molar-refractivity contribution is -0.927. The van der Waals surface area contributed by atoms with Gasteiger partial charge in [-0.05, 0) is 51.3 Å². The Kier molecular flexibility index (Phi) is 4.72. The van der Waals surface area contributed by atoms with Crippen LogP contribution in [-0.4, -0.2) is 36.1 Å². The molecule has 1 aliphatic heterocycles. The molecule has 0 saturated carbocycles. The number of aryl methyl sites for hydroxylation is 2. The molecular formula is C18H29N2O+. The fourth-order valence-corrected chi connectivity index (χ4v) is 3.74. The summed E-state index contributed by atoms with van der Waals surface area (Å²) in [7, 11) is 0. The van der Waals surface area contributed by atoms with Gasteiger partial charge in [-0.2, -0.15) is 0 Å². The molecule has 1 heterocycles. The predicted molar refractivity (Wildman–Crippen MR) is 88.5 cm³/mol. The number of likely N-dealkylation sites (N-methyl/N-ethyl adjacent to an activating group) is 1. The van der Waals surface area contributed by atoms with E-state index in [2.05, 4.69) is 52.1 Å². The first kappa shape index (κ1) is 16.0. The van der Waals surface area contributed by atoms with Crippen LogP contribution in [0.3, 0.4) is 0 Å². The molecule has 1 saturated heterocycles. The molecule has 21 heavy (non-hydrogen) atoms. The maximum Gasteiger partial charge on any atom is 0.282 e. The van der Waals surface area contributed by atoms with Crippen molar-refractivity contribution in [1.82, 2.24) is 0 Å². The number of hydrogen-bond donors (Lipinski definition) is 1. The first-order chi connectivity index (χ1) is 9.95. The molecule has 3 heteroatoms. The standard InChI is InChI=1S/C18H28N2O/c1-6-20(7-2)12-8-9-16(20)18(21)19-17-14(4)11-10-13(3)15(17)5/h10-11,16H,6-9,12H2,1-5H3/p+1. The zero-order valence-electron chi connectivity index (χ0n) is 14.1. The van der Waals surface area contributed by atoms with Gasteiger partial charge in [0.25, 0.3) is 5.91 Å². The summed E-state index contributed by atoms with van der Waals surface area (Å²) < 4.78 is 0.940. The number of nitrogens with one attached hydrogen (secondary N) is 1. The molecule has 0 aromatic heterocycles. The molecule has 1 aliphatic rings. The van der Waals surface area contributed by atoms with Gasteiger partial charge >= 0.3 is 0 Å². The molecule has 116 valence electrons. The van der Waals surface area contributed by atoms with Crippen molar-refractivity contribution in [2.24, 2.45) is 0 Å². The molecule has 1 atom stereocenters. The van der Waals surface area contributed by atoms with Crippen molar-refractivity contribution < 1.29 is 9.28 Å². The van der Waals surface area contributed by atoms with Crippen LogP contribution in [0.15, 0.2) is 12.1 Å². The van der Waals surface area contributed by atoms with Crippen LogP contribution in [0.25, 0.3) is 0 Å². The van der Waals surface area contributed by atoms with Crippen molar-refractivity contribution in [3.05, 3.63) is 28.8 Å². The second-order valence-corrected chi connectivity index (χ2v) is 6.42. The fraction of sp³-hybridized carbons (Fsp3) is 0.611. The highest BCUT2D eigenvalue weighted by Crippen LogP contribution is 2.29. The molecule has 0 spiro atoms. The maximum absolute atomic E-state index is 12.8. The van der Waals surface area contributed by atoms with Gasteiger partial charge < -0.3 is 9.80 Å². The first-order valence-electron chi connectivity index (χ1n) is 8.18. The lowest BCUT2D eigenvalue weighted by atomic mass is 10.0. The van der Waals surface area contributed by atoms with E-state index in [4.69, 9.17) is 0 Å². The first-order valence-corrected chi connectivity index (χ1v) is 8.18. The van der Waals surface area contributed by atoms with Crippen molar-refractivity contribution in [2.75, 3.05) is 25.0 Å². The van der Waals surface area contributed by atoms with E-state index in [9.17, 15) is 4.79 Å². The lowest BCUT2D eigenvalue weighted by Crippen LogP contribution is -2.56. The van der Waals surface area contributed by atoms with Crippen molar-refractivity contribution in [2.45, 2.75) is 53.5 Å². The number of rotatable bonds is 4. The lowest BCUT2D eigenvalue weighted by Gasteiger charge is -2.37. The van der Waals surface area contributed by atoms with Crippen molar-refractivity contribution in [1.29, 1.82) is 0 Å². The summed E-state index contributed by atoms with van der Waals surface area (Å²) in [6.07, 6.45) is 2.17. The van der Waals surface area contributed by atoms with E-state index in [1.165, 1.54) is 11.1 Å². The van der Waals surface area contributed by atoms with Gasteiger partial charge in [-0.1, -0.05) is 12.1 Å². The van der Waals surface area contributed by atoms with E-state index in [1.807, 2.05) is 0 Å². The number of benzene rings is 1. The van der Waals surface area contributed by atoms with Crippen LogP contribution in [0.5, 0.6) is 0 Å². The smallest absolute Gasteiger partial charge is 0.282 e. The van der Waals surface area contributed by atoms with Crippen LogP contribution in [0, 0.1) is 20.8 Å². The van der Waals surface area contributed by atoms with Crippen LogP contribution in [-0.2, 0) is 4.79 Å². The quantitative estimate of drug-likeness (QED) is 0.844. The average molecular weight is 289 g/mol. The summed E-state index contributed by atoms with van der Waals surface area (Å²) in [6.45, 7) is 13.9. The Labute approximate surface area is 128 Å². The highest BCUT2D eigenvalue weighted by atomic mass is 16.2. The Bertz CT molecular complexity index is 532. The van der Waals surface area contributed by atoms with Gasteiger partial charge in [0.2, 0.25) is 0 Å². The highest BCUT2D eigenvalue weighted by molar-refractivity contribution is 5.95. The molecule has 3 nitrogen and oxygen atoms in total. The Morgan fingerprint density at radius 1 is 1.19 bits per heavy atom. The van der Waals surface area contributed by atoms with Crippen LogP contribution in [0.4, 0.5) is 5.69 Å². The Balaban J connectivity index is 2.25. The van der Waals surface area contributed by atoms with E-state index < -0.39 is 0 Å². The number of quaternary nitrogens is 1. The summed E-state index contributed by atoms with van der Waals surface area (Å²) in [4.78, 5) is 12.8. The van der Waals surface area contributed by atoms with Gasteiger partial charge in [0, 0.05) is 18.5 Å². The van der Waals surface area contributed by atoms with Crippen LogP contribution < -0.4 is 5.32 Å². The number of hydrogen-bond acceptors (Lipinski definition) is 1. The summed E-state index contributed by atoms with van der Waals surface area (Å²) in [5.74, 6) is 0.202. The average Bonchev–Trinajstić information content (AvgIpc) is 2.92. The molecule has 1 fully saturated rings. The Hall–Kier alpha value is -1.35. The molecule has 1 amide bonds. The number of carbonyl (C=O) groups excluding carboxylic acids is 1. The summed E-state index contributed by atoms with van der Waals surface area (Å²) >= 11 is 0. The fourth-order valence-electron chi connectivity index (χ4n) is 3.74. The van der Waals surface area contributed by atoms with Gasteiger partial charge in [-0.15, -0.1) is 0 Å². The third kappa shape index (κ3) is 2.84. The van der Waals surface area contributed by atoms with E-state index in [-0.39, 0.29) is 11.9 Å². The van der Waals surface area contributed by atoms with Crippen molar-refractivity contribution in [3.63, 3.8) is 0 Å². The van der Waals surface area contributed by atoms with E-state index in [1.54, 1.807) is 0 Å². The normalized spacial score (nSPS) is 20.5. The number of nitrogens with zero attached hydrogens (tertiary/aromatic N) is 1. The van der Waals surface area contributed by atoms with Gasteiger partial charge in [0.05, 0.1) is 19.6 Å². The zero-order valence-corrected chi connectivity index (χ0v) is 14.1. The molecule has 1 N–H and O–H groups in total. The second kappa shape index (κ2) is 6.18. The number of anilines is 1. The zero-order chi connectivity index (χ0) is 15.6. The SMILES string of the molecule is CC[N+]1(CC)CCCC1C(=O)Nc1c(C)ccc(C)c1C. The Morgan fingerprint density at radius 3 is 2.43 bits per heavy atom. The number of likely N-dealkylation sites (tertiary alicyclic amines) is 1. The largest absolute Gasteiger partial charge is 0.320 e. The third-order valence-electron chi connectivity index (χ3n) is 5.50. The summed E-state index contributed by atoms with van der Waals surface area (Å²) in [5.41, 5.74) is 4.58. The number of carbonyl (C=O) groups is 1. The number of amides is 1. The Morgan fingerprint density at radius 2 is 1.81 bits per heavy atom. The molecule has 1 aromatic rings. The van der Waals surface area contributed by atoms with Crippen molar-refractivity contribution >= 4 is 11.6 Å². The van der Waals surface area contributed by atoms with Crippen LogP contribution in [0.1, 0.15) is 43.4 Å². The van der Waals surface area contributed by atoms with E-state index in [0.29, 0.717) is 0 Å². The van der Waals surface area contributed by atoms with Crippen LogP contribution >= 0.6 is 0 Å². The maximum atomic E-state index is 12.8. The van der Waals surface area contributed by atoms with E-state index in [0.717, 1.165) is 48.2 Å². The molecule has 0 aliphatic carbocycles. The minimum absolute atomic E-state index is 0.110. The molecule has 2 rings (SSSR count). The predicted octanol–water partition coefficient (Wildman–Crippen LogP) is 3.57. The van der Waals surface area contributed by atoms with Crippen molar-refractivity contribution in [3.8, 4) is 0 Å². The molecule has 0 bridgehead atoms. The van der Waals surface area contributed by atoms with E-state index >= 15 is 0 Å². The minimum atomic E-state index is 0.110. The van der Waals surface area contributed by atoms with Crippen LogP contribution in [0.2, 0.25) is 0 Å². The molecule has 0 radical (unpaired) electrons. The third-order valence-corrected chi connectivity index (χ3v) is 5.50. The monoisotopic (exact) mass is 289 g/mol. The molecule has 1 unspecified atom stereocenters. The molecule has 1 aromatic carbocycles. The van der Waals surface area contributed by atoms with Gasteiger partial charge in [-0.3, -0.25) is 4.79 Å². The second-order valence-electron chi connectivity index (χ2n) is 6.42. The topological polar surface area (TPSA) is 29.1 Å². The molecular weight excluding hydrogens is 260 g/mol. The summed E-state index contributed by atoms with van der Waals surface area (Å²) in [5, 5.41) is 3.23. The highest BCUT2D eigenvalue weighted by Gasteiger charge is 2.43. The van der Waals surface area contributed by atoms with Gasteiger partial charge in [0.15, 0.2) is 6.04 Å². The summed E-state index contributed by atoms with van der Waals surface area (Å²) in [6, 6.07) is 4.32. The van der Waals surface area contributed by atoms with Gasteiger partial charge in [-0.25, -0.2) is 0 Å².